The van der Waals surface area contributed by atoms with Crippen LogP contribution in [0.4, 0.5) is 14.5 Å². The Balaban J connectivity index is 2.79. The van der Waals surface area contributed by atoms with Gasteiger partial charge in [0.1, 0.15) is 5.82 Å². The summed E-state index contributed by atoms with van der Waals surface area (Å²) in [5.41, 5.74) is 0.818. The lowest BCUT2D eigenvalue weighted by Gasteiger charge is -2.03. The molecule has 1 rings (SSSR count). The molecule has 0 unspecified atom stereocenters. The molecule has 70 valence electrons. The molecule has 1 aromatic rings. The van der Waals surface area contributed by atoms with Crippen LogP contribution in [0.2, 0.25) is 0 Å². The lowest BCUT2D eigenvalue weighted by molar-refractivity contribution is -0.117. The Morgan fingerprint density at radius 2 is 2.23 bits per heavy atom. The van der Waals surface area contributed by atoms with Crippen molar-refractivity contribution in [3.8, 4) is 0 Å². The van der Waals surface area contributed by atoms with Crippen LogP contribution in [0.5, 0.6) is 0 Å². The van der Waals surface area contributed by atoms with Gasteiger partial charge in [-0.05, 0) is 30.7 Å². The molecule has 4 heteroatoms. The van der Waals surface area contributed by atoms with E-state index in [9.17, 15) is 13.6 Å². The van der Waals surface area contributed by atoms with Gasteiger partial charge in [-0.15, -0.1) is 0 Å². The average molecular weight is 185 g/mol. The van der Waals surface area contributed by atoms with Gasteiger partial charge in [-0.2, -0.15) is 0 Å². The van der Waals surface area contributed by atoms with Gasteiger partial charge in [-0.25, -0.2) is 8.78 Å². The average Bonchev–Trinajstić information content (AvgIpc) is 2.11. The zero-order chi connectivity index (χ0) is 9.84. The largest absolute Gasteiger partial charge is 0.324 e. The third-order valence-electron chi connectivity index (χ3n) is 1.56. The van der Waals surface area contributed by atoms with E-state index in [4.69, 9.17) is 0 Å². The number of hydrogen-bond acceptors (Lipinski definition) is 1. The van der Waals surface area contributed by atoms with Crippen LogP contribution in [-0.4, -0.2) is 12.6 Å². The molecule has 0 aliphatic rings. The van der Waals surface area contributed by atoms with Crippen LogP contribution in [0.1, 0.15) is 5.56 Å². The Kier molecular flexibility index (Phi) is 2.95. The summed E-state index contributed by atoms with van der Waals surface area (Å²) in [5.74, 6) is -1.08. The molecule has 0 radical (unpaired) electrons. The van der Waals surface area contributed by atoms with Crippen molar-refractivity contribution in [3.05, 3.63) is 29.6 Å². The van der Waals surface area contributed by atoms with Gasteiger partial charge in [0.2, 0.25) is 0 Å². The third-order valence-corrected chi connectivity index (χ3v) is 1.56. The molecule has 0 aliphatic heterocycles. The molecular formula is C9H9F2NO. The highest BCUT2D eigenvalue weighted by molar-refractivity contribution is 5.91. The van der Waals surface area contributed by atoms with Gasteiger partial charge in [0, 0.05) is 5.69 Å². The quantitative estimate of drug-likeness (QED) is 0.750. The lowest BCUT2D eigenvalue weighted by Crippen LogP contribution is -2.13. The third kappa shape index (κ3) is 2.50. The molecule has 1 amide bonds. The van der Waals surface area contributed by atoms with Gasteiger partial charge in [-0.1, -0.05) is 0 Å². The second kappa shape index (κ2) is 3.98. The second-order valence-electron chi connectivity index (χ2n) is 2.65. The number of aryl methyl sites for hydroxylation is 1. The number of hydrogen-bond donors (Lipinski definition) is 1. The van der Waals surface area contributed by atoms with Crippen molar-refractivity contribution < 1.29 is 13.6 Å². The fourth-order valence-corrected chi connectivity index (χ4v) is 0.917. The highest BCUT2D eigenvalue weighted by atomic mass is 19.1. The number of rotatable bonds is 2. The van der Waals surface area contributed by atoms with Crippen molar-refractivity contribution in [1.82, 2.24) is 0 Å². The van der Waals surface area contributed by atoms with Crippen molar-refractivity contribution in [2.45, 2.75) is 6.92 Å². The van der Waals surface area contributed by atoms with Gasteiger partial charge in [0.25, 0.3) is 5.91 Å². The van der Waals surface area contributed by atoms with Crippen molar-refractivity contribution >= 4 is 11.6 Å². The van der Waals surface area contributed by atoms with Crippen LogP contribution in [0.15, 0.2) is 18.2 Å². The van der Waals surface area contributed by atoms with Gasteiger partial charge in [0.15, 0.2) is 6.67 Å². The predicted octanol–water partition coefficient (Wildman–Crippen LogP) is 2.04. The van der Waals surface area contributed by atoms with Crippen LogP contribution in [0.25, 0.3) is 0 Å². The fourth-order valence-electron chi connectivity index (χ4n) is 0.917. The number of alkyl halides is 1. The minimum atomic E-state index is -1.07. The summed E-state index contributed by atoms with van der Waals surface area (Å²) in [4.78, 5) is 10.6. The summed E-state index contributed by atoms with van der Waals surface area (Å²) in [6, 6.07) is 4.06. The molecule has 0 aliphatic carbocycles. The van der Waals surface area contributed by atoms with Gasteiger partial charge >= 0.3 is 0 Å². The summed E-state index contributed by atoms with van der Waals surface area (Å²) in [6.45, 7) is 0.497. The summed E-state index contributed by atoms with van der Waals surface area (Å²) >= 11 is 0. The Morgan fingerprint density at radius 1 is 1.54 bits per heavy atom. The van der Waals surface area contributed by atoms with Crippen molar-refractivity contribution in [1.29, 1.82) is 0 Å². The fraction of sp³-hybridized carbons (Fsp3) is 0.222. The first-order valence-electron chi connectivity index (χ1n) is 3.75. The Morgan fingerprint density at radius 3 is 2.77 bits per heavy atom. The van der Waals surface area contributed by atoms with Crippen LogP contribution < -0.4 is 5.32 Å². The normalized spacial score (nSPS) is 9.77. The first kappa shape index (κ1) is 9.64. The molecule has 0 heterocycles. The van der Waals surface area contributed by atoms with Crippen molar-refractivity contribution in [3.63, 3.8) is 0 Å². The molecule has 13 heavy (non-hydrogen) atoms. The standard InChI is InChI=1S/C9H9F2NO/c1-6-4-7(2-3-8(6)11)12-9(13)5-10/h2-4H,5H2,1H3,(H,12,13). The summed E-state index contributed by atoms with van der Waals surface area (Å²) in [5, 5.41) is 2.28. The summed E-state index contributed by atoms with van der Waals surface area (Å²) in [7, 11) is 0. The van der Waals surface area contributed by atoms with E-state index in [-0.39, 0.29) is 5.82 Å². The van der Waals surface area contributed by atoms with Crippen molar-refractivity contribution in [2.24, 2.45) is 0 Å². The van der Waals surface area contributed by atoms with E-state index in [1.165, 1.54) is 18.2 Å². The molecule has 0 aromatic heterocycles. The maximum absolute atomic E-state index is 12.7. The maximum atomic E-state index is 12.7. The highest BCUT2D eigenvalue weighted by Gasteiger charge is 2.02. The topological polar surface area (TPSA) is 29.1 Å². The molecule has 0 spiro atoms. The second-order valence-corrected chi connectivity index (χ2v) is 2.65. The van der Waals surface area contributed by atoms with E-state index in [1.54, 1.807) is 6.92 Å². The van der Waals surface area contributed by atoms with Gasteiger partial charge in [0.05, 0.1) is 0 Å². The molecule has 0 saturated carbocycles. The molecule has 1 aromatic carbocycles. The van der Waals surface area contributed by atoms with Crippen LogP contribution in [0, 0.1) is 12.7 Å². The number of anilines is 1. The van der Waals surface area contributed by atoms with E-state index < -0.39 is 12.6 Å². The van der Waals surface area contributed by atoms with Gasteiger partial charge in [-0.3, -0.25) is 4.79 Å². The van der Waals surface area contributed by atoms with Crippen LogP contribution in [0.3, 0.4) is 0 Å². The number of benzene rings is 1. The Hall–Kier alpha value is -1.45. The molecule has 0 fully saturated rings. The van der Waals surface area contributed by atoms with E-state index in [1.807, 2.05) is 0 Å². The monoisotopic (exact) mass is 185 g/mol. The zero-order valence-electron chi connectivity index (χ0n) is 7.10. The molecule has 0 bridgehead atoms. The number of amides is 1. The minimum absolute atomic E-state index is 0.349. The molecule has 0 saturated heterocycles. The predicted molar refractivity (Wildman–Crippen MR) is 45.7 cm³/mol. The first-order chi connectivity index (χ1) is 6.13. The van der Waals surface area contributed by atoms with E-state index in [0.717, 1.165) is 0 Å². The zero-order valence-corrected chi connectivity index (χ0v) is 7.10. The summed E-state index contributed by atoms with van der Waals surface area (Å²) in [6.07, 6.45) is 0. The lowest BCUT2D eigenvalue weighted by atomic mass is 10.2. The maximum Gasteiger partial charge on any atom is 0.255 e. The van der Waals surface area contributed by atoms with E-state index in [0.29, 0.717) is 11.3 Å². The smallest absolute Gasteiger partial charge is 0.255 e. The van der Waals surface area contributed by atoms with E-state index in [2.05, 4.69) is 5.32 Å². The van der Waals surface area contributed by atoms with Gasteiger partial charge < -0.3 is 5.32 Å². The molecular weight excluding hydrogens is 176 g/mol. The summed E-state index contributed by atoms with van der Waals surface area (Å²) < 4.78 is 24.5. The SMILES string of the molecule is Cc1cc(NC(=O)CF)ccc1F. The Bertz CT molecular complexity index is 325. The number of carbonyl (C=O) groups excluding carboxylic acids is 1. The van der Waals surface area contributed by atoms with Crippen molar-refractivity contribution in [2.75, 3.05) is 12.0 Å². The molecule has 0 atom stereocenters. The van der Waals surface area contributed by atoms with Crippen LogP contribution in [-0.2, 0) is 4.79 Å². The first-order valence-corrected chi connectivity index (χ1v) is 3.75. The molecule has 2 nitrogen and oxygen atoms in total. The minimum Gasteiger partial charge on any atom is -0.324 e. The van der Waals surface area contributed by atoms with Crippen LogP contribution >= 0.6 is 0 Å². The Labute approximate surface area is 74.6 Å². The van der Waals surface area contributed by atoms with E-state index >= 15 is 0 Å². The number of carbonyl (C=O) groups is 1. The molecule has 1 N–H and O–H groups in total. The number of halogens is 2. The number of nitrogens with one attached hydrogen (secondary N) is 1. The highest BCUT2D eigenvalue weighted by Crippen LogP contribution is 2.13.